The molecule has 1 N–H and O–H groups in total. The van der Waals surface area contributed by atoms with Gasteiger partial charge in [0, 0.05) is 6.54 Å². The van der Waals surface area contributed by atoms with Gasteiger partial charge in [0.1, 0.15) is 11.4 Å². The van der Waals surface area contributed by atoms with Crippen LogP contribution in [0.2, 0.25) is 0 Å². The summed E-state index contributed by atoms with van der Waals surface area (Å²) >= 11 is 0. The SMILES string of the molecule is O=NN1CCCc2cccc(O)c21. The Morgan fingerprint density at radius 3 is 3.08 bits per heavy atom. The largest absolute Gasteiger partial charge is 0.506 e. The van der Waals surface area contributed by atoms with Crippen molar-refractivity contribution in [3.8, 4) is 5.75 Å². The molecule has 2 rings (SSSR count). The first-order valence-electron chi connectivity index (χ1n) is 4.24. The number of para-hydroxylation sites is 1. The van der Waals surface area contributed by atoms with E-state index in [1.165, 1.54) is 5.01 Å². The van der Waals surface area contributed by atoms with Crippen molar-refractivity contribution in [3.05, 3.63) is 28.7 Å². The summed E-state index contributed by atoms with van der Waals surface area (Å²) in [5, 5.41) is 13.7. The van der Waals surface area contributed by atoms with Gasteiger partial charge in [-0.25, -0.2) is 5.01 Å². The highest BCUT2D eigenvalue weighted by Gasteiger charge is 2.20. The highest BCUT2D eigenvalue weighted by atomic mass is 16.3. The first-order valence-corrected chi connectivity index (χ1v) is 4.24. The van der Waals surface area contributed by atoms with Gasteiger partial charge in [-0.2, -0.15) is 0 Å². The minimum Gasteiger partial charge on any atom is -0.506 e. The zero-order valence-corrected chi connectivity index (χ0v) is 7.10. The van der Waals surface area contributed by atoms with Crippen LogP contribution in [0.25, 0.3) is 0 Å². The average Bonchev–Trinajstić information content (AvgIpc) is 2.17. The number of fused-ring (bicyclic) bond motifs is 1. The summed E-state index contributed by atoms with van der Waals surface area (Å²) in [6.07, 6.45) is 1.80. The van der Waals surface area contributed by atoms with E-state index >= 15 is 0 Å². The van der Waals surface area contributed by atoms with Crippen molar-refractivity contribution in [3.63, 3.8) is 0 Å². The number of hydrogen-bond donors (Lipinski definition) is 1. The number of phenolic OH excluding ortho intramolecular Hbond substituents is 1. The Morgan fingerprint density at radius 2 is 2.31 bits per heavy atom. The molecule has 1 heterocycles. The molecule has 4 heteroatoms. The van der Waals surface area contributed by atoms with Crippen LogP contribution in [0.4, 0.5) is 5.69 Å². The molecule has 0 unspecified atom stereocenters. The number of benzene rings is 1. The van der Waals surface area contributed by atoms with Gasteiger partial charge in [-0.05, 0) is 24.5 Å². The van der Waals surface area contributed by atoms with Crippen molar-refractivity contribution in [1.29, 1.82) is 0 Å². The minimum atomic E-state index is 0.136. The number of nitrogens with zero attached hydrogens (tertiary/aromatic N) is 2. The van der Waals surface area contributed by atoms with E-state index < -0.39 is 0 Å². The number of aromatic hydroxyl groups is 1. The third-order valence-corrected chi connectivity index (χ3v) is 2.27. The Kier molecular flexibility index (Phi) is 1.88. The van der Waals surface area contributed by atoms with E-state index in [1.807, 2.05) is 6.07 Å². The Bertz CT molecular complexity index is 338. The number of anilines is 1. The van der Waals surface area contributed by atoms with E-state index in [0.29, 0.717) is 12.2 Å². The Hall–Kier alpha value is -1.58. The lowest BCUT2D eigenvalue weighted by molar-refractivity contribution is 0.471. The molecular weight excluding hydrogens is 168 g/mol. The predicted molar refractivity (Wildman–Crippen MR) is 49.6 cm³/mol. The summed E-state index contributed by atoms with van der Waals surface area (Å²) in [5.41, 5.74) is 1.56. The molecule has 0 bridgehead atoms. The maximum atomic E-state index is 10.4. The second-order valence-corrected chi connectivity index (χ2v) is 3.09. The maximum absolute atomic E-state index is 10.4. The van der Waals surface area contributed by atoms with Gasteiger partial charge in [-0.15, -0.1) is 4.91 Å². The van der Waals surface area contributed by atoms with Crippen LogP contribution in [0.3, 0.4) is 0 Å². The monoisotopic (exact) mass is 178 g/mol. The van der Waals surface area contributed by atoms with Gasteiger partial charge in [0.05, 0.1) is 5.29 Å². The van der Waals surface area contributed by atoms with Crippen molar-refractivity contribution in [2.24, 2.45) is 5.29 Å². The Labute approximate surface area is 75.7 Å². The van der Waals surface area contributed by atoms with Crippen molar-refractivity contribution in [2.45, 2.75) is 12.8 Å². The molecule has 0 amide bonds. The lowest BCUT2D eigenvalue weighted by Crippen LogP contribution is -2.23. The molecule has 0 atom stereocenters. The number of phenols is 1. The minimum absolute atomic E-state index is 0.136. The van der Waals surface area contributed by atoms with E-state index in [4.69, 9.17) is 0 Å². The second kappa shape index (κ2) is 3.05. The molecule has 0 fully saturated rings. The summed E-state index contributed by atoms with van der Waals surface area (Å²) < 4.78 is 0. The van der Waals surface area contributed by atoms with E-state index in [9.17, 15) is 10.0 Å². The lowest BCUT2D eigenvalue weighted by atomic mass is 10.0. The van der Waals surface area contributed by atoms with Gasteiger partial charge < -0.3 is 5.11 Å². The van der Waals surface area contributed by atoms with Crippen LogP contribution >= 0.6 is 0 Å². The third kappa shape index (κ3) is 1.24. The molecule has 1 aromatic rings. The zero-order valence-electron chi connectivity index (χ0n) is 7.10. The molecule has 0 spiro atoms. The first-order chi connectivity index (χ1) is 6.33. The van der Waals surface area contributed by atoms with E-state index in [-0.39, 0.29) is 5.75 Å². The Morgan fingerprint density at radius 1 is 1.46 bits per heavy atom. The van der Waals surface area contributed by atoms with Crippen molar-refractivity contribution >= 4 is 5.69 Å². The summed E-state index contributed by atoms with van der Waals surface area (Å²) in [6.45, 7) is 0.591. The van der Waals surface area contributed by atoms with E-state index in [0.717, 1.165) is 18.4 Å². The molecule has 0 radical (unpaired) electrons. The van der Waals surface area contributed by atoms with Crippen molar-refractivity contribution < 1.29 is 5.11 Å². The summed E-state index contributed by atoms with van der Waals surface area (Å²) in [7, 11) is 0. The molecule has 4 nitrogen and oxygen atoms in total. The van der Waals surface area contributed by atoms with Gasteiger partial charge in [0.25, 0.3) is 0 Å². The van der Waals surface area contributed by atoms with Gasteiger partial charge in [-0.1, -0.05) is 12.1 Å². The smallest absolute Gasteiger partial charge is 0.141 e. The molecule has 0 aromatic heterocycles. The first kappa shape index (κ1) is 8.04. The van der Waals surface area contributed by atoms with Crippen LogP contribution in [0.15, 0.2) is 23.5 Å². The number of hydrogen-bond acceptors (Lipinski definition) is 3. The van der Waals surface area contributed by atoms with E-state index in [2.05, 4.69) is 5.29 Å². The van der Waals surface area contributed by atoms with Crippen molar-refractivity contribution in [1.82, 2.24) is 0 Å². The zero-order chi connectivity index (χ0) is 9.26. The fourth-order valence-corrected chi connectivity index (χ4v) is 1.69. The molecule has 1 aliphatic rings. The number of nitroso groups, excluding NO2 is 1. The Balaban J connectivity index is 2.53. The standard InChI is InChI=1S/C9H10N2O2/c12-8-5-1-3-7-4-2-6-11(10-13)9(7)8/h1,3,5,12H,2,4,6H2. The number of rotatable bonds is 1. The van der Waals surface area contributed by atoms with Gasteiger partial charge >= 0.3 is 0 Å². The van der Waals surface area contributed by atoms with Crippen LogP contribution < -0.4 is 5.01 Å². The molecular formula is C9H10N2O2. The van der Waals surface area contributed by atoms with Gasteiger partial charge in [-0.3, -0.25) is 0 Å². The lowest BCUT2D eigenvalue weighted by Gasteiger charge is -2.24. The van der Waals surface area contributed by atoms with Crippen LogP contribution in [-0.4, -0.2) is 11.7 Å². The van der Waals surface area contributed by atoms with Crippen LogP contribution in [0.1, 0.15) is 12.0 Å². The quantitative estimate of drug-likeness (QED) is 0.667. The van der Waals surface area contributed by atoms with Crippen LogP contribution in [0, 0.1) is 4.91 Å². The number of aryl methyl sites for hydroxylation is 1. The second-order valence-electron chi connectivity index (χ2n) is 3.09. The fourth-order valence-electron chi connectivity index (χ4n) is 1.69. The summed E-state index contributed by atoms with van der Waals surface area (Å²) in [6, 6.07) is 5.26. The van der Waals surface area contributed by atoms with Crippen LogP contribution in [0.5, 0.6) is 5.75 Å². The van der Waals surface area contributed by atoms with Crippen molar-refractivity contribution in [2.75, 3.05) is 11.6 Å². The highest BCUT2D eigenvalue weighted by Crippen LogP contribution is 2.35. The molecule has 1 aromatic carbocycles. The van der Waals surface area contributed by atoms with E-state index in [1.54, 1.807) is 12.1 Å². The van der Waals surface area contributed by atoms with Gasteiger partial charge in [0.15, 0.2) is 0 Å². The topological polar surface area (TPSA) is 52.9 Å². The van der Waals surface area contributed by atoms with Gasteiger partial charge in [0.2, 0.25) is 0 Å². The third-order valence-electron chi connectivity index (χ3n) is 2.27. The van der Waals surface area contributed by atoms with Crippen LogP contribution in [-0.2, 0) is 6.42 Å². The molecule has 0 saturated carbocycles. The molecule has 68 valence electrons. The summed E-state index contributed by atoms with van der Waals surface area (Å²) in [4.78, 5) is 10.4. The molecule has 13 heavy (non-hydrogen) atoms. The summed E-state index contributed by atoms with van der Waals surface area (Å²) in [5.74, 6) is 0.136. The molecule has 0 saturated heterocycles. The fraction of sp³-hybridized carbons (Fsp3) is 0.333. The maximum Gasteiger partial charge on any atom is 0.141 e. The highest BCUT2D eigenvalue weighted by molar-refractivity contribution is 5.63. The average molecular weight is 178 g/mol. The molecule has 1 aliphatic heterocycles. The predicted octanol–water partition coefficient (Wildman–Crippen LogP) is 1.83. The molecule has 0 aliphatic carbocycles. The normalized spacial score (nSPS) is 15.2.